The summed E-state index contributed by atoms with van der Waals surface area (Å²) in [6.07, 6.45) is 0.605. The summed E-state index contributed by atoms with van der Waals surface area (Å²) >= 11 is 0. The first-order chi connectivity index (χ1) is 14.7. The topological polar surface area (TPSA) is 137 Å². The Kier molecular flexibility index (Phi) is 5.46. The standard InChI is InChI=1S/C19H16N6O5/c26-8-13(15-18(27)20-6-7-29-15)25-11-23-14-16(21-10-22-17(14)25)24-19(28)30-9-12-4-2-1-3-5-12/h1-5,10-11,15H,6-7,9H2,(H,20,27)(H,21,22,24,28). The first-order valence-corrected chi connectivity index (χ1v) is 8.98. The molecule has 2 amide bonds. The zero-order chi connectivity index (χ0) is 20.9. The van der Waals surface area contributed by atoms with E-state index in [1.807, 2.05) is 30.3 Å². The molecule has 0 spiro atoms. The van der Waals surface area contributed by atoms with Crippen molar-refractivity contribution in [2.24, 2.45) is 0 Å². The van der Waals surface area contributed by atoms with Crippen LogP contribution in [0.5, 0.6) is 0 Å². The molecule has 1 unspecified atom stereocenters. The van der Waals surface area contributed by atoms with E-state index >= 15 is 0 Å². The number of hydrogen-bond acceptors (Lipinski definition) is 8. The maximum atomic E-state index is 12.1. The van der Waals surface area contributed by atoms with Gasteiger partial charge in [-0.05, 0) is 5.56 Å². The molecule has 2 aromatic heterocycles. The molecule has 4 rings (SSSR count). The van der Waals surface area contributed by atoms with Gasteiger partial charge in [-0.3, -0.25) is 14.7 Å². The number of fused-ring (bicyclic) bond motifs is 1. The number of carbonyl (C=O) groups is 2. The average Bonchev–Trinajstić information content (AvgIpc) is 3.20. The van der Waals surface area contributed by atoms with Crippen LogP contribution in [0.4, 0.5) is 10.6 Å². The normalized spacial score (nSPS) is 15.9. The molecule has 3 heterocycles. The average molecular weight is 408 g/mol. The van der Waals surface area contributed by atoms with E-state index < -0.39 is 18.1 Å². The highest BCUT2D eigenvalue weighted by atomic mass is 16.5. The molecule has 0 saturated carbocycles. The van der Waals surface area contributed by atoms with E-state index in [1.54, 1.807) is 5.94 Å². The van der Waals surface area contributed by atoms with Gasteiger partial charge < -0.3 is 14.8 Å². The molecule has 1 aliphatic rings. The third kappa shape index (κ3) is 3.88. The van der Waals surface area contributed by atoms with Crippen molar-refractivity contribution in [3.05, 3.63) is 48.5 Å². The van der Waals surface area contributed by atoms with Crippen LogP contribution in [0.15, 0.2) is 43.0 Å². The number of aromatic nitrogens is 4. The molecule has 0 bridgehead atoms. The third-order valence-electron chi connectivity index (χ3n) is 4.30. The quantitative estimate of drug-likeness (QED) is 0.591. The van der Waals surface area contributed by atoms with Gasteiger partial charge in [0.05, 0.1) is 6.61 Å². The van der Waals surface area contributed by atoms with Gasteiger partial charge in [0.1, 0.15) is 30.9 Å². The molecular weight excluding hydrogens is 392 g/mol. The number of hydrogen-bond donors (Lipinski definition) is 2. The number of amides is 2. The molecule has 1 aromatic carbocycles. The Balaban J connectivity index is 1.55. The van der Waals surface area contributed by atoms with Crippen LogP contribution < -0.4 is 10.6 Å². The van der Waals surface area contributed by atoms with Gasteiger partial charge in [0.15, 0.2) is 23.1 Å². The second-order valence-corrected chi connectivity index (χ2v) is 6.22. The monoisotopic (exact) mass is 408 g/mol. The van der Waals surface area contributed by atoms with Crippen molar-refractivity contribution in [3.63, 3.8) is 0 Å². The van der Waals surface area contributed by atoms with Gasteiger partial charge in [-0.25, -0.2) is 24.5 Å². The summed E-state index contributed by atoms with van der Waals surface area (Å²) in [6, 6.07) is 9.20. The van der Waals surface area contributed by atoms with Gasteiger partial charge in [0, 0.05) is 6.54 Å². The summed E-state index contributed by atoms with van der Waals surface area (Å²) in [5, 5.41) is 5.13. The lowest BCUT2D eigenvalue weighted by molar-refractivity contribution is -0.133. The van der Waals surface area contributed by atoms with Crippen molar-refractivity contribution in [1.29, 1.82) is 0 Å². The summed E-state index contributed by atoms with van der Waals surface area (Å²) in [5.41, 5.74) is 1.13. The van der Waals surface area contributed by atoms with Crippen molar-refractivity contribution in [2.75, 3.05) is 18.5 Å². The molecule has 0 radical (unpaired) electrons. The summed E-state index contributed by atoms with van der Waals surface area (Å²) in [4.78, 5) is 48.0. The Bertz CT molecular complexity index is 1140. The van der Waals surface area contributed by atoms with Crippen LogP contribution in [0.25, 0.3) is 16.9 Å². The smallest absolute Gasteiger partial charge is 0.413 e. The van der Waals surface area contributed by atoms with Gasteiger partial charge in [0.25, 0.3) is 5.91 Å². The molecule has 11 nitrogen and oxygen atoms in total. The maximum absolute atomic E-state index is 12.1. The van der Waals surface area contributed by atoms with Crippen molar-refractivity contribution in [1.82, 2.24) is 24.8 Å². The fourth-order valence-electron chi connectivity index (χ4n) is 2.91. The number of morpholine rings is 1. The second kappa shape index (κ2) is 8.52. The number of carbonyl (C=O) groups excluding carboxylic acids is 3. The highest BCUT2D eigenvalue weighted by Gasteiger charge is 2.30. The van der Waals surface area contributed by atoms with Crippen LogP contribution in [-0.2, 0) is 25.7 Å². The van der Waals surface area contributed by atoms with Crippen LogP contribution in [-0.4, -0.2) is 56.7 Å². The molecule has 1 saturated heterocycles. The van der Waals surface area contributed by atoms with Gasteiger partial charge in [-0.2, -0.15) is 0 Å². The summed E-state index contributed by atoms with van der Waals surface area (Å²) in [5.74, 6) is 1.36. The highest BCUT2D eigenvalue weighted by molar-refractivity contribution is 6.01. The highest BCUT2D eigenvalue weighted by Crippen LogP contribution is 2.22. The van der Waals surface area contributed by atoms with E-state index in [9.17, 15) is 14.4 Å². The van der Waals surface area contributed by atoms with E-state index in [1.165, 1.54) is 17.2 Å². The summed E-state index contributed by atoms with van der Waals surface area (Å²) < 4.78 is 11.8. The number of anilines is 1. The van der Waals surface area contributed by atoms with Gasteiger partial charge in [-0.1, -0.05) is 30.3 Å². The predicted octanol–water partition coefficient (Wildman–Crippen LogP) is 0.762. The Labute approximate surface area is 169 Å². The zero-order valence-electron chi connectivity index (χ0n) is 15.6. The molecule has 11 heteroatoms. The van der Waals surface area contributed by atoms with Gasteiger partial charge in [0.2, 0.25) is 0 Å². The molecule has 2 N–H and O–H groups in total. The van der Waals surface area contributed by atoms with Crippen molar-refractivity contribution >= 4 is 40.6 Å². The first kappa shape index (κ1) is 19.2. The van der Waals surface area contributed by atoms with Crippen LogP contribution >= 0.6 is 0 Å². The number of imidazole rings is 1. The lowest BCUT2D eigenvalue weighted by atomic mass is 10.2. The summed E-state index contributed by atoms with van der Waals surface area (Å²) in [6.45, 7) is 0.693. The molecule has 1 fully saturated rings. The number of ether oxygens (including phenoxy) is 2. The number of rotatable bonds is 5. The minimum Gasteiger partial charge on any atom is -0.444 e. The molecular formula is C19H16N6O5. The molecule has 30 heavy (non-hydrogen) atoms. The van der Waals surface area contributed by atoms with E-state index in [0.717, 1.165) is 5.56 Å². The Morgan fingerprint density at radius 2 is 2.13 bits per heavy atom. The molecule has 1 atom stereocenters. The second-order valence-electron chi connectivity index (χ2n) is 6.22. The van der Waals surface area contributed by atoms with E-state index in [4.69, 9.17) is 9.47 Å². The van der Waals surface area contributed by atoms with E-state index in [0.29, 0.717) is 6.54 Å². The summed E-state index contributed by atoms with van der Waals surface area (Å²) in [7, 11) is 0. The Morgan fingerprint density at radius 1 is 1.30 bits per heavy atom. The largest absolute Gasteiger partial charge is 0.444 e. The molecule has 0 aliphatic carbocycles. The van der Waals surface area contributed by atoms with E-state index in [2.05, 4.69) is 25.6 Å². The number of benzene rings is 1. The number of nitrogens with zero attached hydrogens (tertiary/aromatic N) is 4. The predicted molar refractivity (Wildman–Crippen MR) is 104 cm³/mol. The first-order valence-electron chi connectivity index (χ1n) is 8.98. The van der Waals surface area contributed by atoms with Crippen molar-refractivity contribution < 1.29 is 23.9 Å². The minimum absolute atomic E-state index is 0.0848. The Morgan fingerprint density at radius 3 is 2.90 bits per heavy atom. The fourth-order valence-corrected chi connectivity index (χ4v) is 2.91. The fraction of sp³-hybridized carbons (Fsp3) is 0.211. The minimum atomic E-state index is -1.14. The maximum Gasteiger partial charge on any atom is 0.413 e. The van der Waals surface area contributed by atoms with Gasteiger partial charge in [-0.15, -0.1) is 0 Å². The third-order valence-corrected chi connectivity index (χ3v) is 4.30. The Hall–Kier alpha value is -4.08. The zero-order valence-corrected chi connectivity index (χ0v) is 15.6. The van der Waals surface area contributed by atoms with Crippen molar-refractivity contribution in [3.8, 4) is 0 Å². The lowest BCUT2D eigenvalue weighted by Crippen LogP contribution is -2.45. The van der Waals surface area contributed by atoms with Crippen LogP contribution in [0, 0.1) is 0 Å². The number of nitrogens with one attached hydrogen (secondary N) is 2. The van der Waals surface area contributed by atoms with Gasteiger partial charge >= 0.3 is 6.09 Å². The van der Waals surface area contributed by atoms with Crippen LogP contribution in [0.2, 0.25) is 0 Å². The van der Waals surface area contributed by atoms with Crippen LogP contribution in [0.1, 0.15) is 5.56 Å². The van der Waals surface area contributed by atoms with E-state index in [-0.39, 0.29) is 35.9 Å². The SMILES string of the molecule is O=C=C(C1OCCNC1=O)n1cnc2c(NC(=O)OCc3ccccc3)ncnc21. The molecule has 152 valence electrons. The van der Waals surface area contributed by atoms with Crippen LogP contribution in [0.3, 0.4) is 0 Å². The van der Waals surface area contributed by atoms with Crippen molar-refractivity contribution in [2.45, 2.75) is 12.7 Å². The lowest BCUT2D eigenvalue weighted by Gasteiger charge is -2.23. The molecule has 1 aliphatic heterocycles. The molecule has 3 aromatic rings.